The number of hydrogen-bond acceptors (Lipinski definition) is 6. The first kappa shape index (κ1) is 27.9. The lowest BCUT2D eigenvalue weighted by molar-refractivity contribution is -0.163. The monoisotopic (exact) mass is 543 g/mol. The molecule has 0 spiro atoms. The van der Waals surface area contributed by atoms with Gasteiger partial charge >= 0.3 is 5.97 Å². The van der Waals surface area contributed by atoms with Crippen LogP contribution in [0.4, 0.5) is 0 Å². The molecule has 7 heteroatoms. The minimum atomic E-state index is -0.866. The fourth-order valence-electron chi connectivity index (χ4n) is 5.70. The van der Waals surface area contributed by atoms with Crippen molar-refractivity contribution in [2.24, 2.45) is 0 Å². The van der Waals surface area contributed by atoms with Crippen molar-refractivity contribution in [1.82, 2.24) is 4.90 Å². The summed E-state index contributed by atoms with van der Waals surface area (Å²) in [7, 11) is 1.35. The first-order chi connectivity index (χ1) is 19.4. The quantitative estimate of drug-likeness (QED) is 0.400. The molecule has 3 aromatic rings. The number of esters is 1. The largest absolute Gasteiger partial charge is 0.488 e. The van der Waals surface area contributed by atoms with E-state index in [9.17, 15) is 14.7 Å². The molecule has 1 heterocycles. The van der Waals surface area contributed by atoms with Crippen LogP contribution in [0.15, 0.2) is 72.8 Å². The van der Waals surface area contributed by atoms with Crippen LogP contribution in [0.25, 0.3) is 0 Å². The van der Waals surface area contributed by atoms with Gasteiger partial charge in [0, 0.05) is 18.5 Å². The van der Waals surface area contributed by atoms with E-state index in [0.717, 1.165) is 33.6 Å². The second-order valence-electron chi connectivity index (χ2n) is 10.7. The van der Waals surface area contributed by atoms with Gasteiger partial charge in [0.25, 0.3) is 5.91 Å². The third-order valence-electron chi connectivity index (χ3n) is 7.95. The van der Waals surface area contributed by atoms with E-state index in [0.29, 0.717) is 32.3 Å². The van der Waals surface area contributed by atoms with Crippen LogP contribution in [-0.2, 0) is 38.6 Å². The molecule has 1 unspecified atom stereocenters. The van der Waals surface area contributed by atoms with E-state index in [1.165, 1.54) is 7.11 Å². The Morgan fingerprint density at radius 3 is 2.30 bits per heavy atom. The standard InChI is InChI=1S/C33H37NO6/c1-22-13-14-25-20-34(29(33(37)38-2)19-28(25)30(22)39-21-23-9-5-3-6-10-23)32(36)31(24-11-7-4-8-12-24)40-27-17-15-26(35)16-18-27/h3-14,26-27,29,31,35H,15-21H2,1-2H3/t26?,27?,29-,31?/m0/s1. The summed E-state index contributed by atoms with van der Waals surface area (Å²) in [6, 6.07) is 22.6. The molecule has 5 rings (SSSR count). The molecule has 2 aliphatic rings. The molecule has 0 saturated heterocycles. The lowest BCUT2D eigenvalue weighted by Crippen LogP contribution is -2.51. The zero-order valence-electron chi connectivity index (χ0n) is 23.1. The topological polar surface area (TPSA) is 85.3 Å². The van der Waals surface area contributed by atoms with Crippen molar-refractivity contribution in [2.75, 3.05) is 7.11 Å². The van der Waals surface area contributed by atoms with Gasteiger partial charge in [-0.25, -0.2) is 4.79 Å². The number of methoxy groups -OCH3 is 1. The van der Waals surface area contributed by atoms with Gasteiger partial charge in [-0.2, -0.15) is 0 Å². The van der Waals surface area contributed by atoms with E-state index in [2.05, 4.69) is 0 Å². The van der Waals surface area contributed by atoms with Gasteiger partial charge in [0.05, 0.1) is 19.3 Å². The highest BCUT2D eigenvalue weighted by Crippen LogP contribution is 2.37. The normalized spacial score (nSPS) is 21.3. The number of aryl methyl sites for hydroxylation is 1. The van der Waals surface area contributed by atoms with Crippen molar-refractivity contribution < 1.29 is 28.9 Å². The molecule has 40 heavy (non-hydrogen) atoms. The molecule has 1 aliphatic heterocycles. The highest BCUT2D eigenvalue weighted by molar-refractivity contribution is 5.88. The van der Waals surface area contributed by atoms with E-state index in [1.54, 1.807) is 4.90 Å². The number of nitrogens with zero attached hydrogens (tertiary/aromatic N) is 1. The van der Waals surface area contributed by atoms with Crippen LogP contribution in [-0.4, -0.2) is 47.2 Å². The van der Waals surface area contributed by atoms with Crippen molar-refractivity contribution in [3.8, 4) is 5.75 Å². The highest BCUT2D eigenvalue weighted by atomic mass is 16.5. The molecular weight excluding hydrogens is 506 g/mol. The summed E-state index contributed by atoms with van der Waals surface area (Å²) in [4.78, 5) is 29.0. The van der Waals surface area contributed by atoms with Crippen LogP contribution >= 0.6 is 0 Å². The maximum atomic E-state index is 14.3. The van der Waals surface area contributed by atoms with Crippen molar-refractivity contribution in [3.05, 3.63) is 101 Å². The van der Waals surface area contributed by atoms with E-state index >= 15 is 0 Å². The van der Waals surface area contributed by atoms with E-state index in [-0.39, 0.29) is 31.1 Å². The summed E-state index contributed by atoms with van der Waals surface area (Å²) in [6.45, 7) is 2.64. The number of ether oxygens (including phenoxy) is 3. The molecule has 0 aromatic heterocycles. The Balaban J connectivity index is 1.45. The molecule has 0 bridgehead atoms. The summed E-state index contributed by atoms with van der Waals surface area (Å²) in [5.41, 5.74) is 4.63. The zero-order valence-corrected chi connectivity index (χ0v) is 23.1. The second kappa shape index (κ2) is 12.7. The number of carbonyl (C=O) groups excluding carboxylic acids is 2. The van der Waals surface area contributed by atoms with Crippen LogP contribution in [0.5, 0.6) is 5.75 Å². The van der Waals surface area contributed by atoms with Gasteiger partial charge in [-0.3, -0.25) is 4.79 Å². The number of carbonyl (C=O) groups is 2. The molecule has 7 nitrogen and oxygen atoms in total. The first-order valence-electron chi connectivity index (χ1n) is 14.0. The minimum Gasteiger partial charge on any atom is -0.488 e. The molecule has 3 aromatic carbocycles. The number of aliphatic hydroxyl groups excluding tert-OH is 1. The van der Waals surface area contributed by atoms with Gasteiger partial charge in [0.1, 0.15) is 18.4 Å². The van der Waals surface area contributed by atoms with Crippen LogP contribution < -0.4 is 4.74 Å². The molecule has 1 fully saturated rings. The predicted octanol–water partition coefficient (Wildman–Crippen LogP) is 5.06. The Hall–Kier alpha value is -3.68. The predicted molar refractivity (Wildman–Crippen MR) is 151 cm³/mol. The fourth-order valence-corrected chi connectivity index (χ4v) is 5.70. The zero-order chi connectivity index (χ0) is 28.1. The first-order valence-corrected chi connectivity index (χ1v) is 14.0. The van der Waals surface area contributed by atoms with E-state index < -0.39 is 18.1 Å². The Labute approximate surface area is 235 Å². The summed E-state index contributed by atoms with van der Waals surface area (Å²) < 4.78 is 17.9. The van der Waals surface area contributed by atoms with E-state index in [1.807, 2.05) is 79.7 Å². The molecule has 1 N–H and O–H groups in total. The van der Waals surface area contributed by atoms with Crippen LogP contribution in [0, 0.1) is 6.92 Å². The Morgan fingerprint density at radius 1 is 0.950 bits per heavy atom. The number of benzene rings is 3. The molecule has 210 valence electrons. The van der Waals surface area contributed by atoms with Gasteiger partial charge in [0.2, 0.25) is 0 Å². The summed E-state index contributed by atoms with van der Waals surface area (Å²) >= 11 is 0. The Morgan fingerprint density at radius 2 is 1.62 bits per heavy atom. The number of fused-ring (bicyclic) bond motifs is 1. The SMILES string of the molecule is COC(=O)[C@@H]1Cc2c(ccc(C)c2OCc2ccccc2)CN1C(=O)C(OC1CCC(O)CC1)c1ccccc1. The number of rotatable bonds is 8. The lowest BCUT2D eigenvalue weighted by Gasteiger charge is -2.39. The van der Waals surface area contributed by atoms with Gasteiger partial charge in [-0.15, -0.1) is 0 Å². The Kier molecular flexibility index (Phi) is 8.82. The molecule has 1 aliphatic carbocycles. The molecule has 1 saturated carbocycles. The van der Waals surface area contributed by atoms with Gasteiger partial charge < -0.3 is 24.2 Å². The summed E-state index contributed by atoms with van der Waals surface area (Å²) in [5.74, 6) is 0.00629. The number of hydrogen-bond donors (Lipinski definition) is 1. The smallest absolute Gasteiger partial charge is 0.328 e. The molecular formula is C33H37NO6. The molecule has 1 amide bonds. The summed E-state index contributed by atoms with van der Waals surface area (Å²) in [6.07, 6.45) is 1.61. The summed E-state index contributed by atoms with van der Waals surface area (Å²) in [5, 5.41) is 9.96. The van der Waals surface area contributed by atoms with Crippen LogP contribution in [0.2, 0.25) is 0 Å². The third-order valence-corrected chi connectivity index (χ3v) is 7.95. The number of amides is 1. The maximum Gasteiger partial charge on any atom is 0.328 e. The highest BCUT2D eigenvalue weighted by Gasteiger charge is 2.41. The molecule has 0 radical (unpaired) electrons. The minimum absolute atomic E-state index is 0.146. The average molecular weight is 544 g/mol. The van der Waals surface area contributed by atoms with Crippen LogP contribution in [0.3, 0.4) is 0 Å². The van der Waals surface area contributed by atoms with Crippen molar-refractivity contribution in [1.29, 1.82) is 0 Å². The van der Waals surface area contributed by atoms with E-state index in [4.69, 9.17) is 14.2 Å². The van der Waals surface area contributed by atoms with Gasteiger partial charge in [0.15, 0.2) is 6.10 Å². The lowest BCUT2D eigenvalue weighted by atomic mass is 9.90. The Bertz CT molecular complexity index is 1300. The average Bonchev–Trinajstić information content (AvgIpc) is 3.00. The van der Waals surface area contributed by atoms with Gasteiger partial charge in [-0.1, -0.05) is 72.8 Å². The van der Waals surface area contributed by atoms with Crippen molar-refractivity contribution in [2.45, 2.75) is 76.5 Å². The van der Waals surface area contributed by atoms with Crippen LogP contribution in [0.1, 0.15) is 59.6 Å². The second-order valence-corrected chi connectivity index (χ2v) is 10.7. The van der Waals surface area contributed by atoms with Crippen molar-refractivity contribution >= 4 is 11.9 Å². The van der Waals surface area contributed by atoms with Gasteiger partial charge in [-0.05, 0) is 54.9 Å². The van der Waals surface area contributed by atoms with Crippen molar-refractivity contribution in [3.63, 3.8) is 0 Å². The maximum absolute atomic E-state index is 14.3. The third kappa shape index (κ3) is 6.21. The fraction of sp³-hybridized carbons (Fsp3) is 0.394. The number of aliphatic hydroxyl groups is 1. The molecule has 2 atom stereocenters.